The molecule has 0 bridgehead atoms. The largest absolute Gasteiger partial charge is 0.446 e. The number of rotatable bonds is 15. The second-order valence-electron chi connectivity index (χ2n) is 7.36. The highest BCUT2D eigenvalue weighted by atomic mass is 31.2. The standard InChI is InChI=1S/C17H31O18P3/c1-6-7-8-31-9-10-11(33-15(18)36(21,22)28-3)12(34-16(19)37(23,24)29-4)13(14(27-2)32-10)35-17(20)38(25,26)30-5/h10-14H,6-9H2,1-5H3,(H,21,22)(H,23,24)(H,25,26)/t10-,11-,12+,13-,14+/m1/s1. The third-order valence-electron chi connectivity index (χ3n) is 4.89. The average molecular weight is 616 g/mol. The number of unbranched alkanes of at least 4 members (excludes halogenated alkanes) is 1. The molecule has 0 spiro atoms. The Balaban J connectivity index is 3.60. The van der Waals surface area contributed by atoms with Crippen LogP contribution >= 0.6 is 22.8 Å². The lowest BCUT2D eigenvalue weighted by Gasteiger charge is -2.44. The fraction of sp³-hybridized carbons (Fsp3) is 0.824. The molecule has 222 valence electrons. The topological polar surface area (TPSA) is 246 Å². The summed E-state index contributed by atoms with van der Waals surface area (Å²) in [5.74, 6) is 0. The third-order valence-corrected chi connectivity index (χ3v) is 8.08. The van der Waals surface area contributed by atoms with Gasteiger partial charge in [-0.1, -0.05) is 13.3 Å². The summed E-state index contributed by atoms with van der Waals surface area (Å²) in [7, 11) is -12.1. The minimum absolute atomic E-state index is 0.172. The molecule has 1 fully saturated rings. The zero-order valence-corrected chi connectivity index (χ0v) is 23.7. The predicted octanol–water partition coefficient (Wildman–Crippen LogP) is 2.19. The van der Waals surface area contributed by atoms with E-state index in [4.69, 9.17) is 28.4 Å². The van der Waals surface area contributed by atoms with Gasteiger partial charge < -0.3 is 56.7 Å². The van der Waals surface area contributed by atoms with Gasteiger partial charge in [-0.05, 0) is 6.42 Å². The molecule has 38 heavy (non-hydrogen) atoms. The molecule has 1 saturated heterocycles. The molecule has 1 aliphatic heterocycles. The maximum atomic E-state index is 12.4. The van der Waals surface area contributed by atoms with E-state index in [1.807, 2.05) is 6.92 Å². The Morgan fingerprint density at radius 3 is 1.55 bits per heavy atom. The molecule has 1 rings (SSSR count). The van der Waals surface area contributed by atoms with Gasteiger partial charge in [-0.15, -0.1) is 0 Å². The minimum Gasteiger partial charge on any atom is -0.446 e. The van der Waals surface area contributed by atoms with Crippen molar-refractivity contribution in [1.82, 2.24) is 0 Å². The molecule has 0 saturated carbocycles. The Morgan fingerprint density at radius 2 is 1.16 bits per heavy atom. The van der Waals surface area contributed by atoms with Gasteiger partial charge in [-0.3, -0.25) is 0 Å². The van der Waals surface area contributed by atoms with Crippen LogP contribution in [0.5, 0.6) is 0 Å². The minimum atomic E-state index is -5.12. The van der Waals surface area contributed by atoms with Gasteiger partial charge in [0, 0.05) is 35.0 Å². The predicted molar refractivity (Wildman–Crippen MR) is 123 cm³/mol. The first-order valence-corrected chi connectivity index (χ1v) is 15.4. The monoisotopic (exact) mass is 616 g/mol. The first-order chi connectivity index (χ1) is 17.6. The summed E-state index contributed by atoms with van der Waals surface area (Å²) in [6.45, 7) is 1.62. The van der Waals surface area contributed by atoms with Crippen molar-refractivity contribution in [3.8, 4) is 0 Å². The van der Waals surface area contributed by atoms with Crippen molar-refractivity contribution in [2.24, 2.45) is 0 Å². The molecule has 3 N–H and O–H groups in total. The maximum absolute atomic E-state index is 12.4. The molecule has 0 aromatic heterocycles. The highest BCUT2D eigenvalue weighted by Gasteiger charge is 2.56. The van der Waals surface area contributed by atoms with Crippen molar-refractivity contribution >= 4 is 39.9 Å². The van der Waals surface area contributed by atoms with Gasteiger partial charge in [0.05, 0.1) is 6.61 Å². The van der Waals surface area contributed by atoms with Crippen LogP contribution < -0.4 is 0 Å². The van der Waals surface area contributed by atoms with Crippen LogP contribution in [0.3, 0.4) is 0 Å². The molecule has 0 amide bonds. The molecule has 1 aliphatic rings. The smallest absolute Gasteiger partial charge is 0.435 e. The summed E-state index contributed by atoms with van der Waals surface area (Å²) in [6, 6.07) is 0. The highest BCUT2D eigenvalue weighted by Crippen LogP contribution is 2.48. The lowest BCUT2D eigenvalue weighted by atomic mass is 9.98. The number of ether oxygens (including phenoxy) is 6. The number of methoxy groups -OCH3 is 1. The van der Waals surface area contributed by atoms with Gasteiger partial charge in [0.2, 0.25) is 0 Å². The van der Waals surface area contributed by atoms with Crippen LogP contribution in [0.25, 0.3) is 0 Å². The molecule has 1 heterocycles. The van der Waals surface area contributed by atoms with E-state index in [1.54, 1.807) is 0 Å². The highest BCUT2D eigenvalue weighted by molar-refractivity contribution is 7.71. The number of carbonyl (C=O) groups is 3. The molecule has 0 aromatic carbocycles. The van der Waals surface area contributed by atoms with E-state index in [0.717, 1.165) is 20.6 Å². The Morgan fingerprint density at radius 1 is 0.737 bits per heavy atom. The van der Waals surface area contributed by atoms with E-state index in [2.05, 4.69) is 13.6 Å². The van der Waals surface area contributed by atoms with Crippen molar-refractivity contribution in [1.29, 1.82) is 0 Å². The van der Waals surface area contributed by atoms with Crippen LogP contribution in [0.2, 0.25) is 0 Å². The summed E-state index contributed by atoms with van der Waals surface area (Å²) < 4.78 is 79.7. The van der Waals surface area contributed by atoms with Gasteiger partial charge >= 0.3 is 39.9 Å². The molecule has 0 aliphatic carbocycles. The van der Waals surface area contributed by atoms with Gasteiger partial charge in [-0.25, -0.2) is 28.1 Å². The van der Waals surface area contributed by atoms with Crippen LogP contribution in [-0.4, -0.2) is 104 Å². The van der Waals surface area contributed by atoms with Gasteiger partial charge in [0.15, 0.2) is 24.6 Å². The van der Waals surface area contributed by atoms with Crippen molar-refractivity contribution in [3.63, 3.8) is 0 Å². The van der Waals surface area contributed by atoms with E-state index in [9.17, 15) is 42.8 Å². The van der Waals surface area contributed by atoms with Gasteiger partial charge in [0.1, 0.15) is 6.10 Å². The second-order valence-corrected chi connectivity index (χ2v) is 12.7. The summed E-state index contributed by atoms with van der Waals surface area (Å²) in [4.78, 5) is 66.2. The summed E-state index contributed by atoms with van der Waals surface area (Å²) in [5.41, 5.74) is -5.71. The first-order valence-electron chi connectivity index (χ1n) is 10.7. The molecular formula is C17H31O18P3. The molecule has 21 heteroatoms. The molecule has 0 aromatic rings. The second kappa shape index (κ2) is 14.9. The van der Waals surface area contributed by atoms with E-state index < -0.39 is 77.2 Å². The molecular weight excluding hydrogens is 585 g/mol. The van der Waals surface area contributed by atoms with Crippen molar-refractivity contribution < 1.29 is 84.8 Å². The molecule has 8 atom stereocenters. The summed E-state index contributed by atoms with van der Waals surface area (Å²) in [5, 5.41) is 0. The summed E-state index contributed by atoms with van der Waals surface area (Å²) >= 11 is 0. The van der Waals surface area contributed by atoms with E-state index in [0.29, 0.717) is 20.6 Å². The van der Waals surface area contributed by atoms with Crippen LogP contribution in [-0.2, 0) is 55.7 Å². The van der Waals surface area contributed by atoms with E-state index >= 15 is 0 Å². The van der Waals surface area contributed by atoms with Crippen LogP contribution in [0.15, 0.2) is 0 Å². The molecule has 3 unspecified atom stereocenters. The lowest BCUT2D eigenvalue weighted by Crippen LogP contribution is -2.62. The number of hydrogen-bond acceptors (Lipinski definition) is 15. The van der Waals surface area contributed by atoms with Crippen molar-refractivity contribution in [2.75, 3.05) is 41.7 Å². The zero-order chi connectivity index (χ0) is 29.3. The lowest BCUT2D eigenvalue weighted by molar-refractivity contribution is -0.291. The quantitative estimate of drug-likeness (QED) is 0.135. The average Bonchev–Trinajstić information content (AvgIpc) is 2.88. The normalized spacial score (nSPS) is 28.3. The van der Waals surface area contributed by atoms with Crippen molar-refractivity contribution in [2.45, 2.75) is 50.5 Å². The first kappa shape index (κ1) is 34.8. The molecule has 18 nitrogen and oxygen atoms in total. The third kappa shape index (κ3) is 9.15. The van der Waals surface area contributed by atoms with Gasteiger partial charge in [0.25, 0.3) is 0 Å². The fourth-order valence-electron chi connectivity index (χ4n) is 2.82. The van der Waals surface area contributed by atoms with Gasteiger partial charge in [-0.2, -0.15) is 0 Å². The summed E-state index contributed by atoms with van der Waals surface area (Å²) in [6.07, 6.45) is -8.11. The Hall–Kier alpha value is -1.26. The molecule has 0 radical (unpaired) electrons. The maximum Gasteiger partial charge on any atom is 0.435 e. The van der Waals surface area contributed by atoms with Crippen LogP contribution in [0, 0.1) is 0 Å². The number of carbonyl (C=O) groups excluding carboxylic acids is 3. The number of hydrogen-bond donors (Lipinski definition) is 3. The fourth-order valence-corrected chi connectivity index (χ4v) is 4.03. The SMILES string of the molecule is CCCCOC[C@H]1O[C@H](OC)[C@H](OC(=O)P(=O)(O)OC)[C@@H](OC(=O)P(=O)(O)OC)[C@@H]1OC(=O)P(=O)(O)OC. The zero-order valence-electron chi connectivity index (χ0n) is 21.0. The van der Waals surface area contributed by atoms with Crippen LogP contribution in [0.4, 0.5) is 14.4 Å². The Labute approximate surface area is 217 Å². The Kier molecular flexibility index (Phi) is 13.7. The van der Waals surface area contributed by atoms with E-state index in [1.165, 1.54) is 0 Å². The van der Waals surface area contributed by atoms with E-state index in [-0.39, 0.29) is 6.61 Å². The Bertz CT molecular complexity index is 970. The van der Waals surface area contributed by atoms with Crippen LogP contribution in [0.1, 0.15) is 19.8 Å². The van der Waals surface area contributed by atoms with Crippen molar-refractivity contribution in [3.05, 3.63) is 0 Å².